The smallest absolute Gasteiger partial charge is 0.407 e. The fourth-order valence-corrected chi connectivity index (χ4v) is 3.73. The lowest BCUT2D eigenvalue weighted by molar-refractivity contribution is -0.189. The summed E-state index contributed by atoms with van der Waals surface area (Å²) in [4.78, 5) is 23.5. The zero-order chi connectivity index (χ0) is 20.9. The summed E-state index contributed by atoms with van der Waals surface area (Å²) in [5.74, 6) is -0.419. The zero-order valence-electron chi connectivity index (χ0n) is 15.9. The number of carbonyl (C=O) groups excluding carboxylic acids is 2. The number of hydrogen-bond acceptors (Lipinski definition) is 6. The van der Waals surface area contributed by atoms with Gasteiger partial charge in [0.05, 0.1) is 17.4 Å². The first-order valence-electron chi connectivity index (χ1n) is 9.13. The zero-order valence-corrected chi connectivity index (χ0v) is 16.7. The second-order valence-electron chi connectivity index (χ2n) is 6.70. The van der Waals surface area contributed by atoms with Gasteiger partial charge in [0.25, 0.3) is 0 Å². The van der Waals surface area contributed by atoms with Crippen molar-refractivity contribution in [3.8, 4) is 0 Å². The van der Waals surface area contributed by atoms with Crippen molar-refractivity contribution in [3.05, 3.63) is 65.7 Å². The lowest BCUT2D eigenvalue weighted by atomic mass is 10.0. The largest absolute Gasteiger partial charge is 0.445 e. The van der Waals surface area contributed by atoms with E-state index < -0.39 is 28.2 Å². The molecule has 8 nitrogen and oxygen atoms in total. The molecule has 1 saturated heterocycles. The number of rotatable bonds is 8. The predicted octanol–water partition coefficient (Wildman–Crippen LogP) is 2.53. The van der Waals surface area contributed by atoms with Crippen molar-refractivity contribution < 1.29 is 27.0 Å². The van der Waals surface area contributed by atoms with Crippen LogP contribution in [-0.4, -0.2) is 38.1 Å². The number of hydroxylamine groups is 2. The van der Waals surface area contributed by atoms with Crippen molar-refractivity contribution in [3.63, 3.8) is 0 Å². The Bertz CT molecular complexity index is 960. The van der Waals surface area contributed by atoms with Crippen LogP contribution in [-0.2, 0) is 30.5 Å². The third-order valence-electron chi connectivity index (χ3n) is 4.44. The molecule has 2 aromatic rings. The number of aryl methyl sites for hydroxylation is 1. The fourth-order valence-electron chi connectivity index (χ4n) is 2.76. The van der Waals surface area contributed by atoms with Crippen molar-refractivity contribution in [1.29, 1.82) is 0 Å². The van der Waals surface area contributed by atoms with Crippen LogP contribution in [0.15, 0.2) is 59.5 Å². The second-order valence-corrected chi connectivity index (χ2v) is 8.23. The van der Waals surface area contributed by atoms with Gasteiger partial charge in [-0.25, -0.2) is 4.79 Å². The number of benzene rings is 2. The normalized spacial score (nSPS) is 16.2. The molecule has 0 bridgehead atoms. The van der Waals surface area contributed by atoms with Gasteiger partial charge in [0.2, 0.25) is 5.91 Å². The first-order valence-corrected chi connectivity index (χ1v) is 10.5. The summed E-state index contributed by atoms with van der Waals surface area (Å²) in [7, 11) is -4.09. The Labute approximate surface area is 169 Å². The van der Waals surface area contributed by atoms with Crippen LogP contribution in [0, 0.1) is 6.92 Å². The minimum Gasteiger partial charge on any atom is -0.445 e. The Morgan fingerprint density at radius 3 is 2.48 bits per heavy atom. The summed E-state index contributed by atoms with van der Waals surface area (Å²) < 4.78 is 34.8. The number of nitrogens with one attached hydrogen (secondary N) is 1. The number of amides is 2. The van der Waals surface area contributed by atoms with E-state index in [4.69, 9.17) is 9.02 Å². The average molecular weight is 418 g/mol. The van der Waals surface area contributed by atoms with Gasteiger partial charge in [-0.3, -0.25) is 4.79 Å². The highest BCUT2D eigenvalue weighted by Gasteiger charge is 2.40. The molecule has 1 aliphatic heterocycles. The lowest BCUT2D eigenvalue weighted by Crippen LogP contribution is -2.54. The number of hydrogen-bond donors (Lipinski definition) is 1. The van der Waals surface area contributed by atoms with Crippen molar-refractivity contribution in [2.24, 2.45) is 0 Å². The molecule has 1 fully saturated rings. The summed E-state index contributed by atoms with van der Waals surface area (Å²) in [5, 5.41) is 3.44. The van der Waals surface area contributed by atoms with E-state index in [1.165, 1.54) is 12.1 Å². The molecule has 1 unspecified atom stereocenters. The number of carbonyl (C=O) groups is 2. The van der Waals surface area contributed by atoms with E-state index in [0.29, 0.717) is 6.42 Å². The molecule has 1 aliphatic rings. The molecule has 2 amide bonds. The maximum atomic E-state index is 12.3. The minimum absolute atomic E-state index is 0.0239. The van der Waals surface area contributed by atoms with Crippen LogP contribution in [0.25, 0.3) is 0 Å². The molecule has 9 heteroatoms. The van der Waals surface area contributed by atoms with Crippen LogP contribution >= 0.6 is 0 Å². The summed E-state index contributed by atoms with van der Waals surface area (Å²) in [6.07, 6.45) is -0.0843. The van der Waals surface area contributed by atoms with E-state index >= 15 is 0 Å². The highest BCUT2D eigenvalue weighted by atomic mass is 32.2. The van der Waals surface area contributed by atoms with Gasteiger partial charge in [0, 0.05) is 6.54 Å². The number of alkyl carbamates (subject to hydrolysis) is 1. The summed E-state index contributed by atoms with van der Waals surface area (Å²) >= 11 is 0. The Morgan fingerprint density at radius 2 is 1.83 bits per heavy atom. The molecule has 0 radical (unpaired) electrons. The van der Waals surface area contributed by atoms with Gasteiger partial charge in [0.15, 0.2) is 0 Å². The first kappa shape index (κ1) is 20.8. The predicted molar refractivity (Wildman–Crippen MR) is 104 cm³/mol. The van der Waals surface area contributed by atoms with Crippen molar-refractivity contribution in [1.82, 2.24) is 10.4 Å². The summed E-state index contributed by atoms with van der Waals surface area (Å²) in [6, 6.07) is 15.0. The first-order chi connectivity index (χ1) is 13.8. The minimum atomic E-state index is -4.09. The molecule has 0 saturated carbocycles. The van der Waals surface area contributed by atoms with E-state index in [2.05, 4.69) is 5.32 Å². The summed E-state index contributed by atoms with van der Waals surface area (Å²) in [5.41, 5.74) is 1.78. The molecule has 1 atom stereocenters. The molecule has 0 aliphatic carbocycles. The maximum Gasteiger partial charge on any atom is 0.407 e. The quantitative estimate of drug-likeness (QED) is 0.661. The molecular formula is C20H22N2O6S. The number of nitrogens with zero attached hydrogens (tertiary/aromatic N) is 1. The van der Waals surface area contributed by atoms with Gasteiger partial charge in [-0.2, -0.15) is 13.5 Å². The highest BCUT2D eigenvalue weighted by molar-refractivity contribution is 7.86. The van der Waals surface area contributed by atoms with E-state index in [1.807, 2.05) is 37.3 Å². The van der Waals surface area contributed by atoms with Crippen LogP contribution in [0.1, 0.15) is 24.0 Å². The average Bonchev–Trinajstić information content (AvgIpc) is 2.71. The number of ether oxygens (including phenoxy) is 1. The van der Waals surface area contributed by atoms with Gasteiger partial charge < -0.3 is 10.1 Å². The SMILES string of the molecule is Cc1ccc(S(=O)(=O)ON2C(=O)CC2CCNC(=O)OCc2ccccc2)cc1. The van der Waals surface area contributed by atoms with Crippen LogP contribution in [0.4, 0.5) is 4.79 Å². The van der Waals surface area contributed by atoms with E-state index in [1.54, 1.807) is 12.1 Å². The van der Waals surface area contributed by atoms with Crippen molar-refractivity contribution in [2.45, 2.75) is 37.3 Å². The Kier molecular flexibility index (Phi) is 6.50. The monoisotopic (exact) mass is 418 g/mol. The van der Waals surface area contributed by atoms with E-state index in [0.717, 1.165) is 16.2 Å². The molecule has 0 spiro atoms. The molecule has 2 aromatic carbocycles. The lowest BCUT2D eigenvalue weighted by Gasteiger charge is -2.37. The Hall–Kier alpha value is -2.91. The molecule has 3 rings (SSSR count). The molecule has 154 valence electrons. The van der Waals surface area contributed by atoms with Crippen LogP contribution in [0.3, 0.4) is 0 Å². The third kappa shape index (κ3) is 5.55. The fraction of sp³-hybridized carbons (Fsp3) is 0.300. The van der Waals surface area contributed by atoms with Gasteiger partial charge in [-0.1, -0.05) is 48.0 Å². The van der Waals surface area contributed by atoms with E-state index in [-0.39, 0.29) is 24.5 Å². The van der Waals surface area contributed by atoms with Gasteiger partial charge in [-0.05, 0) is 31.0 Å². The molecule has 0 aromatic heterocycles. The Balaban J connectivity index is 1.45. The molecular weight excluding hydrogens is 396 g/mol. The Morgan fingerprint density at radius 1 is 1.14 bits per heavy atom. The van der Waals surface area contributed by atoms with Crippen molar-refractivity contribution >= 4 is 22.1 Å². The molecule has 29 heavy (non-hydrogen) atoms. The van der Waals surface area contributed by atoms with Crippen LogP contribution in [0.5, 0.6) is 0 Å². The second kappa shape index (κ2) is 9.06. The van der Waals surface area contributed by atoms with Gasteiger partial charge in [0.1, 0.15) is 6.61 Å². The highest BCUT2D eigenvalue weighted by Crippen LogP contribution is 2.26. The summed E-state index contributed by atoms with van der Waals surface area (Å²) in [6.45, 7) is 2.21. The number of β-lactam (4-membered cyclic amide) rings is 1. The molecule has 1 heterocycles. The molecule has 1 N–H and O–H groups in total. The third-order valence-corrected chi connectivity index (χ3v) is 5.64. The topological polar surface area (TPSA) is 102 Å². The van der Waals surface area contributed by atoms with Crippen LogP contribution in [0.2, 0.25) is 0 Å². The van der Waals surface area contributed by atoms with Gasteiger partial charge in [-0.15, -0.1) is 4.28 Å². The van der Waals surface area contributed by atoms with E-state index in [9.17, 15) is 18.0 Å². The standard InChI is InChI=1S/C20H22N2O6S/c1-15-7-9-18(10-8-15)29(25,26)28-22-17(13-19(22)23)11-12-21-20(24)27-14-16-5-3-2-4-6-16/h2-10,17H,11-14H2,1H3,(H,21,24). The van der Waals surface area contributed by atoms with Gasteiger partial charge >= 0.3 is 16.2 Å². The maximum absolute atomic E-state index is 12.3. The van der Waals surface area contributed by atoms with Crippen molar-refractivity contribution in [2.75, 3.05) is 6.54 Å². The van der Waals surface area contributed by atoms with Crippen LogP contribution < -0.4 is 5.32 Å².